The zero-order valence-corrected chi connectivity index (χ0v) is 18.9. The number of amides is 1. The summed E-state index contributed by atoms with van der Waals surface area (Å²) >= 11 is 0. The van der Waals surface area contributed by atoms with Crippen molar-refractivity contribution in [2.75, 3.05) is 20.3 Å². The van der Waals surface area contributed by atoms with Crippen molar-refractivity contribution >= 4 is 28.6 Å². The number of carbonyl (C=O) groups excluding carboxylic acids is 3. The molecule has 0 saturated heterocycles. The zero-order chi connectivity index (χ0) is 24.1. The number of aryl methyl sites for hydroxylation is 1. The van der Waals surface area contributed by atoms with E-state index in [1.165, 1.54) is 7.11 Å². The molecule has 172 valence electrons. The first-order valence-electron chi connectivity index (χ1n) is 10.7. The Morgan fingerprint density at radius 2 is 1.65 bits per heavy atom. The third kappa shape index (κ3) is 4.68. The molecular weight excluding hydrogens is 432 g/mol. The molecule has 0 radical (unpaired) electrons. The molecule has 1 N–H and O–H groups in total. The largest absolute Gasteiger partial charge is 0.497 e. The van der Waals surface area contributed by atoms with E-state index >= 15 is 0 Å². The minimum Gasteiger partial charge on any atom is -0.497 e. The number of Topliss-reactive ketones (excluding diaryl/α,β-unsaturated/α-hetero) is 1. The number of rotatable bonds is 8. The van der Waals surface area contributed by atoms with Crippen LogP contribution in [0.4, 0.5) is 0 Å². The van der Waals surface area contributed by atoms with Gasteiger partial charge in [-0.05, 0) is 29.8 Å². The Hall–Kier alpha value is -4.39. The molecule has 34 heavy (non-hydrogen) atoms. The number of para-hydroxylation sites is 1. The molecule has 1 heterocycles. The van der Waals surface area contributed by atoms with Crippen molar-refractivity contribution in [3.8, 4) is 17.0 Å². The van der Waals surface area contributed by atoms with Crippen LogP contribution in [0.3, 0.4) is 0 Å². The second-order valence-electron chi connectivity index (χ2n) is 7.66. The molecule has 4 rings (SSSR count). The van der Waals surface area contributed by atoms with Crippen LogP contribution >= 0.6 is 0 Å². The highest BCUT2D eigenvalue weighted by molar-refractivity contribution is 6.14. The summed E-state index contributed by atoms with van der Waals surface area (Å²) in [6, 6.07) is 23.8. The molecular formula is C27H24N2O5. The Bertz CT molecular complexity index is 1360. The molecule has 0 atom stereocenters. The summed E-state index contributed by atoms with van der Waals surface area (Å²) in [5.41, 5.74) is 3.40. The van der Waals surface area contributed by atoms with E-state index in [2.05, 4.69) is 5.32 Å². The Labute approximate surface area is 196 Å². The van der Waals surface area contributed by atoms with Gasteiger partial charge in [0.15, 0.2) is 6.61 Å². The molecule has 7 nitrogen and oxygen atoms in total. The van der Waals surface area contributed by atoms with E-state index < -0.39 is 18.5 Å². The van der Waals surface area contributed by atoms with Gasteiger partial charge in [0.1, 0.15) is 12.3 Å². The maximum absolute atomic E-state index is 13.2. The van der Waals surface area contributed by atoms with Crippen molar-refractivity contribution in [3.63, 3.8) is 0 Å². The summed E-state index contributed by atoms with van der Waals surface area (Å²) in [6.07, 6.45) is 0. The molecule has 0 unspecified atom stereocenters. The quantitative estimate of drug-likeness (QED) is 0.320. The first-order valence-corrected chi connectivity index (χ1v) is 10.7. The predicted molar refractivity (Wildman–Crippen MR) is 129 cm³/mol. The molecule has 4 aromatic rings. The fourth-order valence-electron chi connectivity index (χ4n) is 3.90. The van der Waals surface area contributed by atoms with E-state index in [9.17, 15) is 14.4 Å². The van der Waals surface area contributed by atoms with Crippen molar-refractivity contribution in [2.24, 2.45) is 7.05 Å². The minimum atomic E-state index is -0.703. The Morgan fingerprint density at radius 1 is 0.912 bits per heavy atom. The van der Waals surface area contributed by atoms with Crippen LogP contribution in [0.1, 0.15) is 20.7 Å². The summed E-state index contributed by atoms with van der Waals surface area (Å²) < 4.78 is 12.3. The van der Waals surface area contributed by atoms with Gasteiger partial charge in [0.2, 0.25) is 5.78 Å². The highest BCUT2D eigenvalue weighted by atomic mass is 16.5. The van der Waals surface area contributed by atoms with Crippen LogP contribution < -0.4 is 10.1 Å². The second kappa shape index (κ2) is 10.0. The van der Waals surface area contributed by atoms with E-state index in [1.807, 2.05) is 66.2 Å². The lowest BCUT2D eigenvalue weighted by molar-refractivity contribution is -0.141. The molecule has 0 aliphatic heterocycles. The molecule has 7 heteroatoms. The van der Waals surface area contributed by atoms with Gasteiger partial charge in [0.25, 0.3) is 5.91 Å². The van der Waals surface area contributed by atoms with E-state index in [1.54, 1.807) is 24.3 Å². The number of aromatic nitrogens is 1. The smallest absolute Gasteiger partial charge is 0.325 e. The number of fused-ring (bicyclic) bond motifs is 1. The van der Waals surface area contributed by atoms with E-state index in [-0.39, 0.29) is 12.3 Å². The number of methoxy groups -OCH3 is 1. The highest BCUT2D eigenvalue weighted by Gasteiger charge is 2.23. The first kappa shape index (κ1) is 22.8. The Morgan fingerprint density at radius 3 is 2.41 bits per heavy atom. The summed E-state index contributed by atoms with van der Waals surface area (Å²) in [5, 5.41) is 3.29. The molecule has 0 aliphatic carbocycles. The number of ether oxygens (including phenoxy) is 2. The van der Waals surface area contributed by atoms with E-state index in [4.69, 9.17) is 9.47 Å². The lowest BCUT2D eigenvalue weighted by Gasteiger charge is -2.09. The van der Waals surface area contributed by atoms with Crippen molar-refractivity contribution in [2.45, 2.75) is 0 Å². The van der Waals surface area contributed by atoms with Crippen LogP contribution in [-0.2, 0) is 16.6 Å². The number of benzene rings is 3. The van der Waals surface area contributed by atoms with Gasteiger partial charge in [-0.2, -0.15) is 0 Å². The van der Waals surface area contributed by atoms with Gasteiger partial charge < -0.3 is 19.4 Å². The SMILES string of the molecule is COc1cccc(C(=O)NCC(=O)OCC(=O)c2c(-c3ccccc3)n(C)c3ccccc23)c1. The van der Waals surface area contributed by atoms with Crippen molar-refractivity contribution in [1.82, 2.24) is 9.88 Å². The lowest BCUT2D eigenvalue weighted by Crippen LogP contribution is -2.31. The number of hydrogen-bond acceptors (Lipinski definition) is 5. The molecule has 0 fully saturated rings. The van der Waals surface area contributed by atoms with Crippen molar-refractivity contribution in [1.29, 1.82) is 0 Å². The van der Waals surface area contributed by atoms with Gasteiger partial charge in [0.05, 0.1) is 18.4 Å². The Balaban J connectivity index is 1.46. The molecule has 0 spiro atoms. The van der Waals surface area contributed by atoms with E-state index in [0.29, 0.717) is 16.9 Å². The fourth-order valence-corrected chi connectivity index (χ4v) is 3.90. The van der Waals surface area contributed by atoms with Crippen LogP contribution in [0.25, 0.3) is 22.2 Å². The maximum atomic E-state index is 13.2. The van der Waals surface area contributed by atoms with E-state index in [0.717, 1.165) is 22.2 Å². The van der Waals surface area contributed by atoms with Crippen molar-refractivity contribution < 1.29 is 23.9 Å². The molecule has 0 aliphatic rings. The first-order chi connectivity index (χ1) is 16.5. The van der Waals surface area contributed by atoms with Crippen LogP contribution in [0.5, 0.6) is 5.75 Å². The molecule has 1 aromatic heterocycles. The summed E-state index contributed by atoms with van der Waals surface area (Å²) in [6.45, 7) is -0.786. The maximum Gasteiger partial charge on any atom is 0.325 e. The third-order valence-corrected chi connectivity index (χ3v) is 5.52. The van der Waals surface area contributed by atoms with Crippen LogP contribution in [0.15, 0.2) is 78.9 Å². The van der Waals surface area contributed by atoms with Gasteiger partial charge in [-0.3, -0.25) is 14.4 Å². The van der Waals surface area contributed by atoms with Gasteiger partial charge in [-0.1, -0.05) is 54.6 Å². The number of nitrogens with zero attached hydrogens (tertiary/aromatic N) is 1. The zero-order valence-electron chi connectivity index (χ0n) is 18.9. The number of nitrogens with one attached hydrogen (secondary N) is 1. The monoisotopic (exact) mass is 456 g/mol. The highest BCUT2D eigenvalue weighted by Crippen LogP contribution is 2.33. The predicted octanol–water partition coefficient (Wildman–Crippen LogP) is 4.01. The van der Waals surface area contributed by atoms with Crippen LogP contribution in [-0.4, -0.2) is 42.5 Å². The number of esters is 1. The topological polar surface area (TPSA) is 86.6 Å². The number of carbonyl (C=O) groups is 3. The summed E-state index contributed by atoms with van der Waals surface area (Å²) in [4.78, 5) is 37.7. The molecule has 1 amide bonds. The fraction of sp³-hybridized carbons (Fsp3) is 0.148. The standard InChI is InChI=1S/C27H24N2O5/c1-29-22-14-7-6-13-21(22)25(26(29)18-9-4-3-5-10-18)23(30)17-34-24(31)16-28-27(32)19-11-8-12-20(15-19)33-2/h3-15H,16-17H2,1-2H3,(H,28,32). The average molecular weight is 456 g/mol. The van der Waals surface area contributed by atoms with Gasteiger partial charge in [-0.15, -0.1) is 0 Å². The second-order valence-corrected chi connectivity index (χ2v) is 7.66. The van der Waals surface area contributed by atoms with Gasteiger partial charge >= 0.3 is 5.97 Å². The van der Waals surface area contributed by atoms with Gasteiger partial charge in [-0.25, -0.2) is 0 Å². The summed E-state index contributed by atoms with van der Waals surface area (Å²) in [7, 11) is 3.41. The number of ketones is 1. The van der Waals surface area contributed by atoms with Crippen molar-refractivity contribution in [3.05, 3.63) is 90.0 Å². The van der Waals surface area contributed by atoms with Gasteiger partial charge in [0, 0.05) is 23.5 Å². The molecule has 3 aromatic carbocycles. The lowest BCUT2D eigenvalue weighted by atomic mass is 10.0. The average Bonchev–Trinajstić information content (AvgIpc) is 3.18. The summed E-state index contributed by atoms with van der Waals surface area (Å²) in [5.74, 6) is -0.929. The normalized spacial score (nSPS) is 10.6. The van der Waals surface area contributed by atoms with Crippen LogP contribution in [0, 0.1) is 0 Å². The Kier molecular flexibility index (Phi) is 6.73. The molecule has 0 bridgehead atoms. The minimum absolute atomic E-state index is 0.317. The molecule has 0 saturated carbocycles. The number of hydrogen-bond donors (Lipinski definition) is 1. The van der Waals surface area contributed by atoms with Crippen LogP contribution in [0.2, 0.25) is 0 Å². The third-order valence-electron chi connectivity index (χ3n) is 5.52.